The average molecular weight is 460 g/mol. The third kappa shape index (κ3) is 4.83. The van der Waals surface area contributed by atoms with E-state index in [0.717, 1.165) is 22.1 Å². The zero-order chi connectivity index (χ0) is 24.1. The highest BCUT2D eigenvalue weighted by Crippen LogP contribution is 2.29. The van der Waals surface area contributed by atoms with Crippen LogP contribution in [-0.2, 0) is 12.8 Å². The second kappa shape index (κ2) is 10.3. The molecule has 0 amide bonds. The van der Waals surface area contributed by atoms with E-state index >= 15 is 0 Å². The van der Waals surface area contributed by atoms with Crippen LogP contribution in [0.3, 0.4) is 0 Å². The van der Waals surface area contributed by atoms with Crippen LogP contribution in [0.5, 0.6) is 5.75 Å². The van der Waals surface area contributed by atoms with Gasteiger partial charge in [0.05, 0.1) is 18.4 Å². The van der Waals surface area contributed by atoms with Crippen molar-refractivity contribution in [2.45, 2.75) is 26.2 Å². The van der Waals surface area contributed by atoms with E-state index < -0.39 is 11.8 Å². The van der Waals surface area contributed by atoms with Crippen molar-refractivity contribution >= 4 is 22.6 Å². The minimum absolute atomic E-state index is 0.276. The fraction of sp³-hybridized carbons (Fsp3) is 0.222. The Morgan fingerprint density at radius 3 is 2.68 bits per heavy atom. The Kier molecular flexibility index (Phi) is 7.01. The number of hydrogen-bond donors (Lipinski definition) is 2. The number of anilines is 1. The number of aryl methyl sites for hydroxylation is 1. The number of carboxylic acid groups (broad SMARTS) is 1. The fourth-order valence-corrected chi connectivity index (χ4v) is 4.21. The van der Waals surface area contributed by atoms with Crippen LogP contribution in [0.25, 0.3) is 22.0 Å². The Hall–Kier alpha value is -4.00. The van der Waals surface area contributed by atoms with E-state index in [-0.39, 0.29) is 5.56 Å². The molecule has 3 aromatic carbocycles. The van der Waals surface area contributed by atoms with Gasteiger partial charge in [0, 0.05) is 23.7 Å². The van der Waals surface area contributed by atoms with E-state index in [9.17, 15) is 14.3 Å². The number of nitrogens with zero attached hydrogens (tertiary/aromatic N) is 2. The molecule has 0 aliphatic rings. The summed E-state index contributed by atoms with van der Waals surface area (Å²) >= 11 is 0. The van der Waals surface area contributed by atoms with Crippen molar-refractivity contribution in [3.8, 4) is 17.0 Å². The summed E-state index contributed by atoms with van der Waals surface area (Å²) in [6.07, 6.45) is 3.30. The molecule has 1 heterocycles. The molecule has 0 saturated heterocycles. The van der Waals surface area contributed by atoms with Gasteiger partial charge in [0.25, 0.3) is 0 Å². The lowest BCUT2D eigenvalue weighted by Gasteiger charge is -2.13. The van der Waals surface area contributed by atoms with Gasteiger partial charge in [-0.25, -0.2) is 19.2 Å². The van der Waals surface area contributed by atoms with E-state index in [2.05, 4.69) is 27.4 Å². The van der Waals surface area contributed by atoms with Gasteiger partial charge in [0.1, 0.15) is 23.7 Å². The molecule has 7 heteroatoms. The van der Waals surface area contributed by atoms with Crippen molar-refractivity contribution in [2.75, 3.05) is 19.0 Å². The fourth-order valence-electron chi connectivity index (χ4n) is 4.21. The lowest BCUT2D eigenvalue weighted by atomic mass is 9.98. The molecule has 0 aliphatic heterocycles. The quantitative estimate of drug-likeness (QED) is 0.332. The minimum Gasteiger partial charge on any atom is -0.496 e. The van der Waals surface area contributed by atoms with Gasteiger partial charge >= 0.3 is 5.97 Å². The summed E-state index contributed by atoms with van der Waals surface area (Å²) in [5.41, 5.74) is 2.33. The number of halogens is 1. The standard InChI is InChI=1S/C27H26FN3O3/c1-3-6-18-13-19(14-22(28)26(18)27(32)33)23-15-25(31-16-30-23)29-12-11-21-20-8-5-4-7-17(20)9-10-24(21)34-2/h4-5,7-10,13-16H,3,6,11-12H2,1-2H3,(H,32,33)(H,29,30,31). The second-order valence-electron chi connectivity index (χ2n) is 7.98. The summed E-state index contributed by atoms with van der Waals surface area (Å²) in [6.45, 7) is 2.53. The Labute approximate surface area is 197 Å². The first-order chi connectivity index (χ1) is 16.5. The number of carbonyl (C=O) groups is 1. The highest BCUT2D eigenvalue weighted by molar-refractivity contribution is 5.91. The first-order valence-electron chi connectivity index (χ1n) is 11.2. The number of methoxy groups -OCH3 is 1. The van der Waals surface area contributed by atoms with Crippen molar-refractivity contribution in [2.24, 2.45) is 0 Å². The minimum atomic E-state index is -1.26. The molecule has 1 aromatic heterocycles. The maximum absolute atomic E-state index is 14.6. The highest BCUT2D eigenvalue weighted by Gasteiger charge is 2.18. The van der Waals surface area contributed by atoms with E-state index in [1.807, 2.05) is 31.2 Å². The third-order valence-corrected chi connectivity index (χ3v) is 5.77. The zero-order valence-electron chi connectivity index (χ0n) is 19.1. The van der Waals surface area contributed by atoms with Gasteiger partial charge in [0.2, 0.25) is 0 Å². The molecule has 0 spiro atoms. The number of aromatic carboxylic acids is 1. The monoisotopic (exact) mass is 459 g/mol. The van der Waals surface area contributed by atoms with Crippen molar-refractivity contribution in [3.05, 3.63) is 83.4 Å². The van der Waals surface area contributed by atoms with Crippen LogP contribution in [0.15, 0.2) is 60.9 Å². The van der Waals surface area contributed by atoms with Gasteiger partial charge in [-0.1, -0.05) is 43.7 Å². The predicted octanol–water partition coefficient (Wildman–Crippen LogP) is 5.75. The van der Waals surface area contributed by atoms with Gasteiger partial charge in [-0.15, -0.1) is 0 Å². The predicted molar refractivity (Wildman–Crippen MR) is 131 cm³/mol. The molecule has 174 valence electrons. The topological polar surface area (TPSA) is 84.3 Å². The van der Waals surface area contributed by atoms with Gasteiger partial charge in [0.15, 0.2) is 0 Å². The third-order valence-electron chi connectivity index (χ3n) is 5.77. The molecule has 6 nitrogen and oxygen atoms in total. The molecule has 0 unspecified atom stereocenters. The van der Waals surface area contributed by atoms with Gasteiger partial charge in [-0.3, -0.25) is 0 Å². The largest absolute Gasteiger partial charge is 0.496 e. The number of hydrogen-bond acceptors (Lipinski definition) is 5. The first-order valence-corrected chi connectivity index (χ1v) is 11.2. The second-order valence-corrected chi connectivity index (χ2v) is 7.98. The van der Waals surface area contributed by atoms with Gasteiger partial charge in [-0.05, 0) is 47.4 Å². The van der Waals surface area contributed by atoms with Crippen LogP contribution in [-0.4, -0.2) is 34.7 Å². The number of benzene rings is 3. The van der Waals surface area contributed by atoms with E-state index in [0.29, 0.717) is 48.4 Å². The summed E-state index contributed by atoms with van der Waals surface area (Å²) < 4.78 is 20.2. The number of nitrogens with one attached hydrogen (secondary N) is 1. The van der Waals surface area contributed by atoms with Crippen molar-refractivity contribution in [1.82, 2.24) is 9.97 Å². The van der Waals surface area contributed by atoms with Crippen LogP contribution < -0.4 is 10.1 Å². The SMILES string of the molecule is CCCc1cc(-c2cc(NCCc3c(OC)ccc4ccccc34)ncn2)cc(F)c1C(=O)O. The molecule has 4 aromatic rings. The molecule has 34 heavy (non-hydrogen) atoms. The molecule has 0 aliphatic carbocycles. The molecule has 0 radical (unpaired) electrons. The highest BCUT2D eigenvalue weighted by atomic mass is 19.1. The molecular formula is C27H26FN3O3. The summed E-state index contributed by atoms with van der Waals surface area (Å²) in [5.74, 6) is -0.587. The van der Waals surface area contributed by atoms with Gasteiger partial charge in [-0.2, -0.15) is 0 Å². The molecule has 0 bridgehead atoms. The summed E-state index contributed by atoms with van der Waals surface area (Å²) in [6, 6.07) is 16.9. The number of aromatic nitrogens is 2. The summed E-state index contributed by atoms with van der Waals surface area (Å²) in [4.78, 5) is 20.1. The Morgan fingerprint density at radius 2 is 1.91 bits per heavy atom. The molecule has 4 rings (SSSR count). The van der Waals surface area contributed by atoms with Crippen LogP contribution in [0.4, 0.5) is 10.2 Å². The van der Waals surface area contributed by atoms with Crippen LogP contribution in [0.2, 0.25) is 0 Å². The lowest BCUT2D eigenvalue weighted by Crippen LogP contribution is -2.09. The molecule has 0 fully saturated rings. The van der Waals surface area contributed by atoms with E-state index in [1.165, 1.54) is 12.4 Å². The van der Waals surface area contributed by atoms with Crippen LogP contribution in [0.1, 0.15) is 34.8 Å². The zero-order valence-corrected chi connectivity index (χ0v) is 19.1. The smallest absolute Gasteiger partial charge is 0.338 e. The maximum Gasteiger partial charge on any atom is 0.338 e. The van der Waals surface area contributed by atoms with Gasteiger partial charge < -0.3 is 15.2 Å². The first kappa shape index (κ1) is 23.2. The van der Waals surface area contributed by atoms with Crippen molar-refractivity contribution in [3.63, 3.8) is 0 Å². The number of carboxylic acids is 1. The van der Waals surface area contributed by atoms with Crippen molar-refractivity contribution in [1.29, 1.82) is 0 Å². The summed E-state index contributed by atoms with van der Waals surface area (Å²) in [7, 11) is 1.67. The Morgan fingerprint density at radius 1 is 1.09 bits per heavy atom. The number of ether oxygens (including phenoxy) is 1. The Bertz CT molecular complexity index is 1340. The van der Waals surface area contributed by atoms with Crippen molar-refractivity contribution < 1.29 is 19.0 Å². The summed E-state index contributed by atoms with van der Waals surface area (Å²) in [5, 5.41) is 15.0. The molecule has 2 N–H and O–H groups in total. The molecule has 0 saturated carbocycles. The average Bonchev–Trinajstić information content (AvgIpc) is 2.84. The normalized spacial score (nSPS) is 10.9. The van der Waals surface area contributed by atoms with E-state index in [1.54, 1.807) is 19.2 Å². The molecule has 0 atom stereocenters. The van der Waals surface area contributed by atoms with Crippen LogP contribution >= 0.6 is 0 Å². The Balaban J connectivity index is 1.56. The van der Waals surface area contributed by atoms with Crippen LogP contribution in [0, 0.1) is 5.82 Å². The number of fused-ring (bicyclic) bond motifs is 1. The molecular weight excluding hydrogens is 433 g/mol. The maximum atomic E-state index is 14.6. The lowest BCUT2D eigenvalue weighted by molar-refractivity contribution is 0.0690. The van der Waals surface area contributed by atoms with E-state index in [4.69, 9.17) is 4.74 Å². The number of rotatable bonds is 9.